The Morgan fingerprint density at radius 3 is 3.13 bits per heavy atom. The van der Waals surface area contributed by atoms with E-state index in [9.17, 15) is 0 Å². The molecule has 15 heavy (non-hydrogen) atoms. The van der Waals surface area contributed by atoms with Crippen molar-refractivity contribution in [2.24, 2.45) is 0 Å². The van der Waals surface area contributed by atoms with Crippen LogP contribution in [0.1, 0.15) is 25.5 Å². The molecule has 0 aromatic carbocycles. The maximum Gasteiger partial charge on any atom is 0.110 e. The highest BCUT2D eigenvalue weighted by Gasteiger charge is 2.04. The highest BCUT2D eigenvalue weighted by atomic mass is 15.1. The largest absolute Gasteiger partial charge is 0.383 e. The molecule has 80 valence electrons. The number of nitrogens with zero attached hydrogens (tertiary/aromatic N) is 2. The van der Waals surface area contributed by atoms with Gasteiger partial charge >= 0.3 is 0 Å². The predicted molar refractivity (Wildman–Crippen MR) is 62.0 cm³/mol. The third-order valence-corrected chi connectivity index (χ3v) is 2.38. The third-order valence-electron chi connectivity index (χ3n) is 2.38. The van der Waals surface area contributed by atoms with Crippen molar-refractivity contribution in [2.45, 2.75) is 26.7 Å². The fraction of sp³-hybridized carbons (Fsp3) is 0.455. The van der Waals surface area contributed by atoms with Crippen molar-refractivity contribution in [1.82, 2.24) is 15.2 Å². The van der Waals surface area contributed by atoms with Crippen molar-refractivity contribution >= 4 is 16.7 Å². The van der Waals surface area contributed by atoms with Crippen LogP contribution in [0, 0.1) is 6.92 Å². The van der Waals surface area contributed by atoms with Crippen molar-refractivity contribution in [3.8, 4) is 0 Å². The van der Waals surface area contributed by atoms with Crippen LogP contribution in [-0.2, 0) is 0 Å². The Morgan fingerprint density at radius 2 is 2.33 bits per heavy atom. The van der Waals surface area contributed by atoms with Crippen LogP contribution in [0.5, 0.6) is 0 Å². The molecule has 0 fully saturated rings. The number of hydrogen-bond acceptors (Lipinski definition) is 3. The monoisotopic (exact) mass is 204 g/mol. The zero-order chi connectivity index (χ0) is 10.7. The highest BCUT2D eigenvalue weighted by Crippen LogP contribution is 2.20. The Labute approximate surface area is 89.1 Å². The molecule has 2 aromatic rings. The lowest BCUT2D eigenvalue weighted by atomic mass is 10.2. The predicted octanol–water partition coefficient (Wildman–Crippen LogP) is 2.48. The van der Waals surface area contributed by atoms with E-state index in [0.29, 0.717) is 0 Å². The number of aromatic amines is 1. The number of aromatic nitrogens is 3. The van der Waals surface area contributed by atoms with E-state index < -0.39 is 0 Å². The van der Waals surface area contributed by atoms with Crippen LogP contribution < -0.4 is 5.32 Å². The smallest absolute Gasteiger partial charge is 0.110 e. The Balaban J connectivity index is 2.27. The fourth-order valence-electron chi connectivity index (χ4n) is 1.61. The number of fused-ring (bicyclic) bond motifs is 1. The third kappa shape index (κ3) is 2.09. The Kier molecular flexibility index (Phi) is 2.85. The molecule has 0 aliphatic heterocycles. The molecule has 0 saturated carbocycles. The van der Waals surface area contributed by atoms with Crippen LogP contribution >= 0.6 is 0 Å². The molecule has 0 saturated heterocycles. The molecule has 0 bridgehead atoms. The van der Waals surface area contributed by atoms with E-state index in [1.165, 1.54) is 12.8 Å². The van der Waals surface area contributed by atoms with Crippen LogP contribution in [0.2, 0.25) is 0 Å². The first kappa shape index (κ1) is 9.96. The standard InChI is InChI=1S/C11H16N4/c1-3-4-5-12-9-6-8(2)14-10-7-13-15-11(9)10/h6-7H,3-5H2,1-2H3,(H,12,14)(H,13,15). The molecule has 2 N–H and O–H groups in total. The van der Waals surface area contributed by atoms with Gasteiger partial charge < -0.3 is 5.32 Å². The van der Waals surface area contributed by atoms with Crippen molar-refractivity contribution in [3.05, 3.63) is 18.0 Å². The summed E-state index contributed by atoms with van der Waals surface area (Å²) in [6.07, 6.45) is 4.13. The SMILES string of the molecule is CCCCNc1cc(C)nc2cn[nH]c12. The normalized spacial score (nSPS) is 10.8. The van der Waals surface area contributed by atoms with E-state index >= 15 is 0 Å². The summed E-state index contributed by atoms with van der Waals surface area (Å²) in [7, 11) is 0. The summed E-state index contributed by atoms with van der Waals surface area (Å²) in [5.74, 6) is 0. The van der Waals surface area contributed by atoms with E-state index in [1.807, 2.05) is 6.92 Å². The number of H-pyrrole nitrogens is 1. The molecule has 2 heterocycles. The molecular weight excluding hydrogens is 188 g/mol. The molecule has 0 amide bonds. The minimum absolute atomic E-state index is 0.925. The number of anilines is 1. The quantitative estimate of drug-likeness (QED) is 0.752. The summed E-state index contributed by atoms with van der Waals surface area (Å²) in [6, 6.07) is 2.05. The molecule has 0 spiro atoms. The van der Waals surface area contributed by atoms with Gasteiger partial charge in [0.1, 0.15) is 11.0 Å². The molecule has 4 heteroatoms. The average molecular weight is 204 g/mol. The van der Waals surface area contributed by atoms with Crippen LogP contribution in [0.25, 0.3) is 11.0 Å². The van der Waals surface area contributed by atoms with Gasteiger partial charge in [-0.3, -0.25) is 5.10 Å². The molecule has 0 radical (unpaired) electrons. The van der Waals surface area contributed by atoms with Gasteiger partial charge in [-0.2, -0.15) is 5.10 Å². The van der Waals surface area contributed by atoms with E-state index in [2.05, 4.69) is 33.5 Å². The molecule has 2 aromatic heterocycles. The number of unbranched alkanes of at least 4 members (excludes halogenated alkanes) is 1. The molecule has 0 atom stereocenters. The van der Waals surface area contributed by atoms with Gasteiger partial charge in [0.25, 0.3) is 0 Å². The molecule has 4 nitrogen and oxygen atoms in total. The van der Waals surface area contributed by atoms with Gasteiger partial charge in [-0.05, 0) is 19.4 Å². The van der Waals surface area contributed by atoms with E-state index in [4.69, 9.17) is 0 Å². The summed E-state index contributed by atoms with van der Waals surface area (Å²) in [5.41, 5.74) is 4.04. The molecule has 0 unspecified atom stereocenters. The summed E-state index contributed by atoms with van der Waals surface area (Å²) in [4.78, 5) is 4.39. The number of aryl methyl sites for hydroxylation is 1. The molecular formula is C11H16N4. The van der Waals surface area contributed by atoms with E-state index in [-0.39, 0.29) is 0 Å². The van der Waals surface area contributed by atoms with Crippen LogP contribution in [-0.4, -0.2) is 21.7 Å². The average Bonchev–Trinajstić information content (AvgIpc) is 2.65. The van der Waals surface area contributed by atoms with Gasteiger partial charge in [-0.1, -0.05) is 13.3 Å². The molecule has 0 aliphatic carbocycles. The minimum Gasteiger partial charge on any atom is -0.383 e. The van der Waals surface area contributed by atoms with E-state index in [1.54, 1.807) is 6.20 Å². The second-order valence-electron chi connectivity index (χ2n) is 3.72. The van der Waals surface area contributed by atoms with Crippen molar-refractivity contribution in [2.75, 3.05) is 11.9 Å². The van der Waals surface area contributed by atoms with Crippen molar-refractivity contribution in [3.63, 3.8) is 0 Å². The Bertz CT molecular complexity index is 447. The molecule has 0 aliphatic rings. The van der Waals surface area contributed by atoms with Crippen molar-refractivity contribution < 1.29 is 0 Å². The van der Waals surface area contributed by atoms with Crippen LogP contribution in [0.15, 0.2) is 12.3 Å². The van der Waals surface area contributed by atoms with Gasteiger partial charge in [0.2, 0.25) is 0 Å². The summed E-state index contributed by atoms with van der Waals surface area (Å²) < 4.78 is 0. The zero-order valence-electron chi connectivity index (χ0n) is 9.17. The zero-order valence-corrected chi connectivity index (χ0v) is 9.17. The second-order valence-corrected chi connectivity index (χ2v) is 3.72. The Morgan fingerprint density at radius 1 is 1.47 bits per heavy atom. The first-order valence-corrected chi connectivity index (χ1v) is 5.36. The summed E-state index contributed by atoms with van der Waals surface area (Å²) in [5, 5.41) is 10.4. The first-order valence-electron chi connectivity index (χ1n) is 5.36. The van der Waals surface area contributed by atoms with E-state index in [0.717, 1.165) is 29.0 Å². The van der Waals surface area contributed by atoms with Crippen molar-refractivity contribution in [1.29, 1.82) is 0 Å². The van der Waals surface area contributed by atoms with Crippen LogP contribution in [0.3, 0.4) is 0 Å². The fourth-order valence-corrected chi connectivity index (χ4v) is 1.61. The highest BCUT2D eigenvalue weighted by molar-refractivity contribution is 5.87. The van der Waals surface area contributed by atoms with Crippen LogP contribution in [0.4, 0.5) is 5.69 Å². The van der Waals surface area contributed by atoms with Gasteiger partial charge in [0.05, 0.1) is 11.9 Å². The van der Waals surface area contributed by atoms with Gasteiger partial charge in [-0.15, -0.1) is 0 Å². The number of nitrogens with one attached hydrogen (secondary N) is 2. The summed E-state index contributed by atoms with van der Waals surface area (Å²) in [6.45, 7) is 5.18. The lowest BCUT2D eigenvalue weighted by Gasteiger charge is -2.07. The Hall–Kier alpha value is -1.58. The topological polar surface area (TPSA) is 53.6 Å². The minimum atomic E-state index is 0.925. The second kappa shape index (κ2) is 4.29. The lowest BCUT2D eigenvalue weighted by molar-refractivity contribution is 0.834. The maximum absolute atomic E-state index is 4.39. The lowest BCUT2D eigenvalue weighted by Crippen LogP contribution is -2.02. The number of rotatable bonds is 4. The van der Waals surface area contributed by atoms with Gasteiger partial charge in [0.15, 0.2) is 0 Å². The first-order chi connectivity index (χ1) is 7.31. The maximum atomic E-state index is 4.39. The molecule has 2 rings (SSSR count). The summed E-state index contributed by atoms with van der Waals surface area (Å²) >= 11 is 0. The number of pyridine rings is 1. The number of hydrogen-bond donors (Lipinski definition) is 2. The van der Waals surface area contributed by atoms with Gasteiger partial charge in [0, 0.05) is 12.2 Å². The van der Waals surface area contributed by atoms with Gasteiger partial charge in [-0.25, -0.2) is 4.98 Å².